The number of aliphatic hydroxyl groups is 2. The molecule has 7 atom stereocenters. The van der Waals surface area contributed by atoms with Gasteiger partial charge in [-0.2, -0.15) is 0 Å². The SMILES string of the molecule is C=CCO[C@@]12Oc3ccc(OCCSc4ccccc4)cc3[C@H]3[C@H](CCCCO)[C@@H](CCCCO)C=C(C(=NOC4CCCCO4)C[C@@H]1N(CCC)C(=O)OCC)[C@H]32. The second-order valence-electron chi connectivity index (χ2n) is 15.6. The van der Waals surface area contributed by atoms with Crippen LogP contribution in [0.5, 0.6) is 11.5 Å². The summed E-state index contributed by atoms with van der Waals surface area (Å²) in [6.07, 6.45) is 11.8. The summed E-state index contributed by atoms with van der Waals surface area (Å²) in [6.45, 7) is 10.1. The van der Waals surface area contributed by atoms with Gasteiger partial charge < -0.3 is 38.7 Å². The maximum atomic E-state index is 14.0. The predicted octanol–water partition coefficient (Wildman–Crippen LogP) is 8.89. The fourth-order valence-electron chi connectivity index (χ4n) is 9.31. The third-order valence-corrected chi connectivity index (χ3v) is 12.7. The van der Waals surface area contributed by atoms with E-state index in [0.29, 0.717) is 51.2 Å². The van der Waals surface area contributed by atoms with Crippen LogP contribution in [-0.4, -0.2) is 97.0 Å². The molecule has 0 bridgehead atoms. The van der Waals surface area contributed by atoms with E-state index in [4.69, 9.17) is 33.7 Å². The van der Waals surface area contributed by atoms with Crippen LogP contribution in [0.25, 0.3) is 0 Å². The minimum Gasteiger partial charge on any atom is -0.493 e. The van der Waals surface area contributed by atoms with Gasteiger partial charge in [-0.05, 0) is 99.6 Å². The number of thioether (sulfide) groups is 1. The van der Waals surface area contributed by atoms with Gasteiger partial charge >= 0.3 is 6.09 Å². The predicted molar refractivity (Wildman–Crippen MR) is 226 cm³/mol. The van der Waals surface area contributed by atoms with Gasteiger partial charge in [-0.1, -0.05) is 55.3 Å². The van der Waals surface area contributed by atoms with Gasteiger partial charge in [0.1, 0.15) is 17.5 Å². The molecule has 1 saturated carbocycles. The summed E-state index contributed by atoms with van der Waals surface area (Å²) in [5.41, 5.74) is 2.76. The van der Waals surface area contributed by atoms with Crippen molar-refractivity contribution in [1.29, 1.82) is 0 Å². The maximum absolute atomic E-state index is 14.0. The molecule has 6 rings (SSSR count). The molecule has 2 aromatic carbocycles. The lowest BCUT2D eigenvalue weighted by atomic mass is 9.55. The minimum absolute atomic E-state index is 0.113. The number of aliphatic hydroxyl groups excluding tert-OH is 2. The number of nitrogens with zero attached hydrogens (tertiary/aromatic N) is 2. The molecule has 2 N–H and O–H groups in total. The van der Waals surface area contributed by atoms with Crippen molar-refractivity contribution in [2.24, 2.45) is 22.9 Å². The second kappa shape index (κ2) is 22.2. The van der Waals surface area contributed by atoms with Gasteiger partial charge in [-0.25, -0.2) is 4.79 Å². The molecular formula is C46H64N2O9S. The van der Waals surface area contributed by atoms with E-state index < -0.39 is 30.1 Å². The van der Waals surface area contributed by atoms with Gasteiger partial charge in [-0.3, -0.25) is 4.90 Å². The van der Waals surface area contributed by atoms with Gasteiger partial charge in [0.15, 0.2) is 0 Å². The lowest BCUT2D eigenvalue weighted by Gasteiger charge is -2.60. The normalized spacial score (nSPS) is 26.8. The van der Waals surface area contributed by atoms with Crippen molar-refractivity contribution in [3.05, 3.63) is 78.4 Å². The highest BCUT2D eigenvalue weighted by Gasteiger charge is 2.65. The molecule has 0 radical (unpaired) electrons. The van der Waals surface area contributed by atoms with Crippen LogP contribution in [0, 0.1) is 17.8 Å². The number of ether oxygens (including phenoxy) is 5. The van der Waals surface area contributed by atoms with Gasteiger partial charge in [0.25, 0.3) is 0 Å². The summed E-state index contributed by atoms with van der Waals surface area (Å²) in [4.78, 5) is 23.2. The molecule has 2 fully saturated rings. The summed E-state index contributed by atoms with van der Waals surface area (Å²) >= 11 is 1.76. The molecule has 0 spiro atoms. The Morgan fingerprint density at radius 1 is 1.07 bits per heavy atom. The Kier molecular flexibility index (Phi) is 16.8. The fourth-order valence-corrected chi connectivity index (χ4v) is 10.1. The molecule has 2 aliphatic carbocycles. The summed E-state index contributed by atoms with van der Waals surface area (Å²) in [7, 11) is 0. The summed E-state index contributed by atoms with van der Waals surface area (Å²) in [5.74, 6) is 0.603. The van der Waals surface area contributed by atoms with E-state index in [2.05, 4.69) is 30.9 Å². The number of oxime groups is 1. The first-order chi connectivity index (χ1) is 28.5. The number of hydrogen-bond donors (Lipinski definition) is 2. The van der Waals surface area contributed by atoms with Gasteiger partial charge in [0, 0.05) is 54.7 Å². The number of rotatable bonds is 22. The smallest absolute Gasteiger partial charge is 0.410 e. The molecule has 4 aliphatic rings. The monoisotopic (exact) mass is 820 g/mol. The molecule has 1 unspecified atom stereocenters. The largest absolute Gasteiger partial charge is 0.493 e. The molecule has 0 aromatic heterocycles. The third kappa shape index (κ3) is 10.4. The number of carbonyl (C=O) groups excluding carboxylic acids is 1. The van der Waals surface area contributed by atoms with Crippen LogP contribution in [-0.2, 0) is 19.0 Å². The molecule has 12 heteroatoms. The van der Waals surface area contributed by atoms with Crippen LogP contribution in [0.3, 0.4) is 0 Å². The topological polar surface area (TPSA) is 129 Å². The average Bonchev–Trinajstić information content (AvgIpc) is 3.25. The lowest BCUT2D eigenvalue weighted by Crippen LogP contribution is -2.70. The zero-order valence-electron chi connectivity index (χ0n) is 34.4. The van der Waals surface area contributed by atoms with E-state index in [-0.39, 0.29) is 44.2 Å². The highest BCUT2D eigenvalue weighted by molar-refractivity contribution is 7.99. The van der Waals surface area contributed by atoms with Gasteiger partial charge in [-0.15, -0.1) is 18.3 Å². The van der Waals surface area contributed by atoms with E-state index in [1.54, 1.807) is 22.7 Å². The van der Waals surface area contributed by atoms with Crippen LogP contribution in [0.4, 0.5) is 4.79 Å². The van der Waals surface area contributed by atoms with E-state index in [0.717, 1.165) is 73.3 Å². The van der Waals surface area contributed by atoms with Crippen LogP contribution < -0.4 is 9.47 Å². The van der Waals surface area contributed by atoms with Gasteiger partial charge in [0.05, 0.1) is 38.1 Å². The minimum atomic E-state index is -1.33. The van der Waals surface area contributed by atoms with Gasteiger partial charge in [0.2, 0.25) is 12.1 Å². The highest BCUT2D eigenvalue weighted by Crippen LogP contribution is 2.62. The number of benzene rings is 2. The molecule has 2 aromatic rings. The summed E-state index contributed by atoms with van der Waals surface area (Å²) in [5, 5.41) is 24.7. The van der Waals surface area contributed by atoms with Crippen molar-refractivity contribution < 1.29 is 43.5 Å². The molecule has 1 saturated heterocycles. The Labute approximate surface area is 349 Å². The maximum Gasteiger partial charge on any atom is 0.410 e. The first kappa shape index (κ1) is 44.0. The van der Waals surface area contributed by atoms with Crippen LogP contribution in [0.1, 0.15) is 96.0 Å². The molecule has 318 valence electrons. The molecule has 58 heavy (non-hydrogen) atoms. The first-order valence-corrected chi connectivity index (χ1v) is 22.6. The van der Waals surface area contributed by atoms with Crippen molar-refractivity contribution in [2.45, 2.75) is 113 Å². The van der Waals surface area contributed by atoms with E-state index in [1.165, 1.54) is 4.90 Å². The zero-order chi connectivity index (χ0) is 40.7. The third-order valence-electron chi connectivity index (χ3n) is 11.8. The van der Waals surface area contributed by atoms with Crippen molar-refractivity contribution in [3.63, 3.8) is 0 Å². The second-order valence-corrected chi connectivity index (χ2v) is 16.7. The number of allylic oxidation sites excluding steroid dienone is 1. The number of unbranched alkanes of at least 4 members (excludes halogenated alkanes) is 2. The Morgan fingerprint density at radius 2 is 1.88 bits per heavy atom. The summed E-state index contributed by atoms with van der Waals surface area (Å²) in [6, 6.07) is 15.8. The van der Waals surface area contributed by atoms with Crippen molar-refractivity contribution in [3.8, 4) is 11.5 Å². The summed E-state index contributed by atoms with van der Waals surface area (Å²) < 4.78 is 32.5. The van der Waals surface area contributed by atoms with Crippen LogP contribution in [0.2, 0.25) is 0 Å². The Balaban J connectivity index is 1.50. The van der Waals surface area contributed by atoms with Crippen molar-refractivity contribution in [1.82, 2.24) is 4.90 Å². The van der Waals surface area contributed by atoms with E-state index in [9.17, 15) is 15.0 Å². The number of amides is 1. The Morgan fingerprint density at radius 3 is 2.60 bits per heavy atom. The average molecular weight is 821 g/mol. The highest BCUT2D eigenvalue weighted by atomic mass is 32.2. The molecule has 2 heterocycles. The van der Waals surface area contributed by atoms with Crippen LogP contribution >= 0.6 is 11.8 Å². The molecular weight excluding hydrogens is 757 g/mol. The zero-order valence-corrected chi connectivity index (χ0v) is 35.3. The van der Waals surface area contributed by atoms with Crippen molar-refractivity contribution >= 4 is 23.6 Å². The fraction of sp³-hybridized carbons (Fsp3) is 0.609. The van der Waals surface area contributed by atoms with Crippen molar-refractivity contribution in [2.75, 3.05) is 51.9 Å². The lowest BCUT2D eigenvalue weighted by molar-refractivity contribution is -0.255. The Hall–Kier alpha value is -3.55. The number of carbonyl (C=O) groups is 1. The molecule has 2 aliphatic heterocycles. The number of fused-ring (bicyclic) bond motifs is 2. The van der Waals surface area contributed by atoms with E-state index in [1.807, 2.05) is 44.2 Å². The number of hydrogen-bond acceptors (Lipinski definition) is 11. The standard InChI is InChI=1S/C46H64N2O9S/c1-4-23-48(45(51)52-6-3)41-32-39(47-57-42-20-12-15-27-54-42)37-30-33(16-10-13-24-49)36(19-11-14-25-50)43-38-31-34(53-28-29-58-35-17-8-7-9-18-35)21-22-40(38)56-46(41,44(37)43)55-26-5-2/h5,7-9,17-18,21-22,30-31,33,36,41-44,49-50H,2,4,6,10-16,19-20,23-29,32H2,1,3H3/t33-,36+,41-,42?,43+,44+,46+/m0/s1. The molecule has 1 amide bonds. The molecule has 11 nitrogen and oxygen atoms in total. The quantitative estimate of drug-likeness (QED) is 0.0515. The van der Waals surface area contributed by atoms with E-state index >= 15 is 0 Å². The van der Waals surface area contributed by atoms with Crippen LogP contribution in [0.15, 0.2) is 82.9 Å². The Bertz CT molecular complexity index is 1670. The first-order valence-electron chi connectivity index (χ1n) is 21.6.